The summed E-state index contributed by atoms with van der Waals surface area (Å²) in [4.78, 5) is 7.74. The summed E-state index contributed by atoms with van der Waals surface area (Å²) in [7, 11) is 0. The van der Waals surface area contributed by atoms with Gasteiger partial charge in [0.2, 0.25) is 0 Å². The van der Waals surface area contributed by atoms with Crippen molar-refractivity contribution in [2.75, 3.05) is 0 Å². The van der Waals surface area contributed by atoms with Gasteiger partial charge < -0.3 is 0 Å². The zero-order valence-electron chi connectivity index (χ0n) is 12.1. The molecule has 124 valence electrons. The highest BCUT2D eigenvalue weighted by molar-refractivity contribution is 5.58. The van der Waals surface area contributed by atoms with E-state index in [0.29, 0.717) is 12.1 Å². The second-order valence-corrected chi connectivity index (χ2v) is 5.29. The van der Waals surface area contributed by atoms with E-state index in [-0.39, 0.29) is 23.4 Å². The first-order valence-corrected chi connectivity index (χ1v) is 6.60. The molecule has 8 heteroatoms. The molecular formula is C15H12F6N2. The lowest BCUT2D eigenvalue weighted by atomic mass is 10.0. The summed E-state index contributed by atoms with van der Waals surface area (Å²) in [6, 6.07) is 1.30. The van der Waals surface area contributed by atoms with E-state index in [2.05, 4.69) is 9.97 Å². The minimum Gasteiger partial charge on any atom is -0.236 e. The minimum atomic E-state index is -4.89. The first kappa shape index (κ1) is 17.2. The van der Waals surface area contributed by atoms with Crippen LogP contribution in [0.15, 0.2) is 30.6 Å². The van der Waals surface area contributed by atoms with Gasteiger partial charge in [-0.15, -0.1) is 0 Å². The molecule has 0 aliphatic heterocycles. The standard InChI is InChI=1S/C15H12F6N2/c1-8(2)10-6-22-13(23-7-10)9-3-11(14(16,17)18)5-12(4-9)15(19,20)21/h3-8H,1-2H3. The molecule has 0 unspecified atom stereocenters. The van der Waals surface area contributed by atoms with Crippen LogP contribution in [0.1, 0.15) is 36.5 Å². The number of aromatic nitrogens is 2. The van der Waals surface area contributed by atoms with Crippen LogP contribution in [0.3, 0.4) is 0 Å². The third-order valence-electron chi connectivity index (χ3n) is 3.18. The molecule has 0 spiro atoms. The van der Waals surface area contributed by atoms with E-state index < -0.39 is 23.5 Å². The van der Waals surface area contributed by atoms with E-state index in [0.717, 1.165) is 5.56 Å². The number of alkyl halides is 6. The third-order valence-corrected chi connectivity index (χ3v) is 3.18. The quantitative estimate of drug-likeness (QED) is 0.696. The SMILES string of the molecule is CC(C)c1cnc(-c2cc(C(F)(F)F)cc(C(F)(F)F)c2)nc1. The fraction of sp³-hybridized carbons (Fsp3) is 0.333. The highest BCUT2D eigenvalue weighted by atomic mass is 19.4. The van der Waals surface area contributed by atoms with E-state index in [1.54, 1.807) is 0 Å². The third kappa shape index (κ3) is 4.00. The first-order valence-electron chi connectivity index (χ1n) is 6.60. The molecule has 0 saturated carbocycles. The molecule has 0 bridgehead atoms. The van der Waals surface area contributed by atoms with Crippen molar-refractivity contribution in [3.63, 3.8) is 0 Å². The van der Waals surface area contributed by atoms with Crippen molar-refractivity contribution in [3.8, 4) is 11.4 Å². The number of halogens is 6. The maximum atomic E-state index is 12.8. The minimum absolute atomic E-state index is 0.0754. The number of rotatable bonds is 2. The van der Waals surface area contributed by atoms with Crippen LogP contribution in [0.2, 0.25) is 0 Å². The average Bonchev–Trinajstić information content (AvgIpc) is 2.45. The molecule has 2 aromatic rings. The van der Waals surface area contributed by atoms with E-state index in [9.17, 15) is 26.3 Å². The summed E-state index contributed by atoms with van der Waals surface area (Å²) >= 11 is 0. The van der Waals surface area contributed by atoms with Gasteiger partial charge in [0.05, 0.1) is 11.1 Å². The van der Waals surface area contributed by atoms with Crippen molar-refractivity contribution < 1.29 is 26.3 Å². The highest BCUT2D eigenvalue weighted by Gasteiger charge is 2.37. The molecule has 0 N–H and O–H groups in total. The Labute approximate surface area is 128 Å². The molecule has 2 nitrogen and oxygen atoms in total. The second-order valence-electron chi connectivity index (χ2n) is 5.29. The van der Waals surface area contributed by atoms with Crippen LogP contribution in [0.25, 0.3) is 11.4 Å². The topological polar surface area (TPSA) is 25.8 Å². The molecule has 0 aliphatic carbocycles. The van der Waals surface area contributed by atoms with Crippen LogP contribution in [0.4, 0.5) is 26.3 Å². The van der Waals surface area contributed by atoms with Gasteiger partial charge in [-0.2, -0.15) is 26.3 Å². The Bertz CT molecular complexity index is 654. The summed E-state index contributed by atoms with van der Waals surface area (Å²) in [5, 5.41) is 0. The lowest BCUT2D eigenvalue weighted by molar-refractivity contribution is -0.143. The maximum Gasteiger partial charge on any atom is 0.416 e. The van der Waals surface area contributed by atoms with E-state index >= 15 is 0 Å². The molecule has 1 aromatic carbocycles. The number of nitrogens with zero attached hydrogens (tertiary/aromatic N) is 2. The van der Waals surface area contributed by atoms with Gasteiger partial charge >= 0.3 is 12.4 Å². The van der Waals surface area contributed by atoms with Crippen molar-refractivity contribution in [1.29, 1.82) is 0 Å². The van der Waals surface area contributed by atoms with Crippen LogP contribution in [0, 0.1) is 0 Å². The Hall–Kier alpha value is -2.12. The van der Waals surface area contributed by atoms with Gasteiger partial charge in [0.1, 0.15) is 0 Å². The average molecular weight is 334 g/mol. The monoisotopic (exact) mass is 334 g/mol. The van der Waals surface area contributed by atoms with Crippen molar-refractivity contribution in [2.45, 2.75) is 32.1 Å². The molecule has 1 aromatic heterocycles. The summed E-state index contributed by atoms with van der Waals surface area (Å²) in [6.07, 6.45) is -7.01. The summed E-state index contributed by atoms with van der Waals surface area (Å²) < 4.78 is 76.9. The maximum absolute atomic E-state index is 12.8. The van der Waals surface area contributed by atoms with Gasteiger partial charge in [0.25, 0.3) is 0 Å². The zero-order chi connectivity index (χ0) is 17.4. The number of benzene rings is 1. The Morgan fingerprint density at radius 1 is 0.783 bits per heavy atom. The van der Waals surface area contributed by atoms with Crippen molar-refractivity contribution in [3.05, 3.63) is 47.3 Å². The van der Waals surface area contributed by atoms with E-state index in [4.69, 9.17) is 0 Å². The predicted molar refractivity (Wildman–Crippen MR) is 71.6 cm³/mol. The van der Waals surface area contributed by atoms with Crippen molar-refractivity contribution in [1.82, 2.24) is 9.97 Å². The van der Waals surface area contributed by atoms with Gasteiger partial charge in [-0.1, -0.05) is 13.8 Å². The zero-order valence-corrected chi connectivity index (χ0v) is 12.1. The summed E-state index contributed by atoms with van der Waals surface area (Å²) in [5.74, 6) is -0.0951. The normalized spacial score (nSPS) is 12.7. The Balaban J connectivity index is 2.57. The van der Waals surface area contributed by atoms with Crippen LogP contribution in [-0.2, 0) is 12.4 Å². The second kappa shape index (κ2) is 5.82. The molecule has 23 heavy (non-hydrogen) atoms. The van der Waals surface area contributed by atoms with Gasteiger partial charge in [-0.25, -0.2) is 9.97 Å². The molecule has 0 aliphatic rings. The lowest BCUT2D eigenvalue weighted by Crippen LogP contribution is -2.11. The van der Waals surface area contributed by atoms with Crippen LogP contribution >= 0.6 is 0 Å². The van der Waals surface area contributed by atoms with E-state index in [1.165, 1.54) is 12.4 Å². The van der Waals surface area contributed by atoms with E-state index in [1.807, 2.05) is 13.8 Å². The first-order chi connectivity index (χ1) is 10.5. The molecular weight excluding hydrogens is 322 g/mol. The van der Waals surface area contributed by atoms with Crippen molar-refractivity contribution >= 4 is 0 Å². The lowest BCUT2D eigenvalue weighted by Gasteiger charge is -2.14. The largest absolute Gasteiger partial charge is 0.416 e. The fourth-order valence-electron chi connectivity index (χ4n) is 1.87. The van der Waals surface area contributed by atoms with Crippen LogP contribution in [-0.4, -0.2) is 9.97 Å². The molecule has 0 radical (unpaired) electrons. The van der Waals surface area contributed by atoms with Crippen molar-refractivity contribution in [2.24, 2.45) is 0 Å². The molecule has 0 amide bonds. The molecule has 2 rings (SSSR count). The summed E-state index contributed by atoms with van der Waals surface area (Å²) in [6.45, 7) is 3.73. The fourth-order valence-corrected chi connectivity index (χ4v) is 1.87. The van der Waals surface area contributed by atoms with Gasteiger partial charge in [0, 0.05) is 18.0 Å². The van der Waals surface area contributed by atoms with Gasteiger partial charge in [0.15, 0.2) is 5.82 Å². The Kier molecular flexibility index (Phi) is 4.37. The smallest absolute Gasteiger partial charge is 0.236 e. The molecule has 0 saturated heterocycles. The molecule has 1 heterocycles. The Morgan fingerprint density at radius 2 is 1.22 bits per heavy atom. The molecule has 0 atom stereocenters. The van der Waals surface area contributed by atoms with Gasteiger partial charge in [-0.3, -0.25) is 0 Å². The number of hydrogen-bond acceptors (Lipinski definition) is 2. The van der Waals surface area contributed by atoms with Crippen LogP contribution in [0.5, 0.6) is 0 Å². The summed E-state index contributed by atoms with van der Waals surface area (Å²) in [5.41, 5.74) is -2.38. The molecule has 0 fully saturated rings. The highest BCUT2D eigenvalue weighted by Crippen LogP contribution is 2.38. The van der Waals surface area contributed by atoms with Crippen LogP contribution < -0.4 is 0 Å². The van der Waals surface area contributed by atoms with Gasteiger partial charge in [-0.05, 0) is 29.7 Å². The number of hydrogen-bond donors (Lipinski definition) is 0. The predicted octanol–water partition coefficient (Wildman–Crippen LogP) is 5.30. The Morgan fingerprint density at radius 3 is 1.57 bits per heavy atom.